The zero-order valence-corrected chi connectivity index (χ0v) is 14.0. The van der Waals surface area contributed by atoms with Crippen molar-refractivity contribution >= 4 is 16.9 Å². The summed E-state index contributed by atoms with van der Waals surface area (Å²) in [6, 6.07) is 13.8. The topological polar surface area (TPSA) is 45.5 Å². The second-order valence-corrected chi connectivity index (χ2v) is 6.38. The van der Waals surface area contributed by atoms with Crippen LogP contribution in [0.1, 0.15) is 27.7 Å². The van der Waals surface area contributed by atoms with Crippen LogP contribution in [0.3, 0.4) is 0 Å². The quantitative estimate of drug-likeness (QED) is 0.775. The number of furan rings is 1. The van der Waals surface area contributed by atoms with Gasteiger partial charge in [-0.25, -0.2) is 4.39 Å². The van der Waals surface area contributed by atoms with Gasteiger partial charge in [-0.2, -0.15) is 0 Å². The molecule has 1 atom stereocenters. The number of para-hydroxylation sites is 1. The molecule has 1 aromatic heterocycles. The Morgan fingerprint density at radius 2 is 2.08 bits per heavy atom. The maximum Gasteiger partial charge on any atom is 0.290 e. The van der Waals surface area contributed by atoms with Crippen LogP contribution in [0.4, 0.5) is 4.39 Å². The number of nitrogens with one attached hydrogen (secondary N) is 1. The molecule has 1 N–H and O–H groups in total. The molecule has 0 spiro atoms. The van der Waals surface area contributed by atoms with Crippen molar-refractivity contribution in [3.05, 3.63) is 71.2 Å². The van der Waals surface area contributed by atoms with Crippen molar-refractivity contribution in [2.24, 2.45) is 0 Å². The summed E-state index contributed by atoms with van der Waals surface area (Å²) in [5, 5.41) is 4.20. The van der Waals surface area contributed by atoms with Crippen LogP contribution in [-0.2, 0) is 0 Å². The van der Waals surface area contributed by atoms with Gasteiger partial charge in [-0.15, -0.1) is 0 Å². The van der Waals surface area contributed by atoms with Crippen molar-refractivity contribution in [2.75, 3.05) is 19.6 Å². The van der Waals surface area contributed by atoms with E-state index >= 15 is 0 Å². The number of aryl methyl sites for hydroxylation is 1. The summed E-state index contributed by atoms with van der Waals surface area (Å²) in [7, 11) is 0. The fourth-order valence-electron chi connectivity index (χ4n) is 3.41. The average Bonchev–Trinajstić information content (AvgIpc) is 3.07. The minimum atomic E-state index is -0.296. The van der Waals surface area contributed by atoms with Crippen LogP contribution in [0.2, 0.25) is 0 Å². The van der Waals surface area contributed by atoms with Crippen LogP contribution in [0.5, 0.6) is 0 Å². The molecular formula is C20H19FN2O2. The molecule has 0 radical (unpaired) electrons. The fourth-order valence-corrected chi connectivity index (χ4v) is 3.41. The lowest BCUT2D eigenvalue weighted by atomic mass is 10.0. The summed E-state index contributed by atoms with van der Waals surface area (Å²) in [4.78, 5) is 14.8. The van der Waals surface area contributed by atoms with E-state index in [1.165, 1.54) is 12.1 Å². The summed E-state index contributed by atoms with van der Waals surface area (Å²) in [6.45, 7) is 3.81. The van der Waals surface area contributed by atoms with Crippen LogP contribution in [-0.4, -0.2) is 30.4 Å². The molecule has 0 aliphatic carbocycles. The number of amides is 1. The Kier molecular flexibility index (Phi) is 4.01. The van der Waals surface area contributed by atoms with Crippen LogP contribution >= 0.6 is 0 Å². The fraction of sp³-hybridized carbons (Fsp3) is 0.250. The highest BCUT2D eigenvalue weighted by Crippen LogP contribution is 2.28. The molecule has 1 amide bonds. The predicted molar refractivity (Wildman–Crippen MR) is 94.0 cm³/mol. The first-order chi connectivity index (χ1) is 12.1. The van der Waals surface area contributed by atoms with Gasteiger partial charge < -0.3 is 14.6 Å². The molecule has 1 saturated heterocycles. The van der Waals surface area contributed by atoms with Crippen LogP contribution < -0.4 is 5.32 Å². The number of benzene rings is 2. The van der Waals surface area contributed by atoms with Gasteiger partial charge in [0, 0.05) is 25.0 Å². The van der Waals surface area contributed by atoms with Crippen molar-refractivity contribution in [2.45, 2.75) is 13.0 Å². The number of carbonyl (C=O) groups is 1. The summed E-state index contributed by atoms with van der Waals surface area (Å²) in [6.07, 6.45) is 0. The first-order valence-electron chi connectivity index (χ1n) is 8.40. The Hall–Kier alpha value is -2.66. The number of fused-ring (bicyclic) bond motifs is 1. The lowest BCUT2D eigenvalue weighted by Crippen LogP contribution is -2.48. The first-order valence-corrected chi connectivity index (χ1v) is 8.40. The highest BCUT2D eigenvalue weighted by Gasteiger charge is 2.30. The normalized spacial score (nSPS) is 17.8. The Morgan fingerprint density at radius 1 is 1.24 bits per heavy atom. The Labute approximate surface area is 145 Å². The summed E-state index contributed by atoms with van der Waals surface area (Å²) < 4.78 is 19.5. The third-order valence-electron chi connectivity index (χ3n) is 4.69. The van der Waals surface area contributed by atoms with E-state index < -0.39 is 0 Å². The van der Waals surface area contributed by atoms with Gasteiger partial charge >= 0.3 is 0 Å². The van der Waals surface area contributed by atoms with E-state index in [2.05, 4.69) is 5.32 Å². The molecule has 5 heteroatoms. The van der Waals surface area contributed by atoms with Gasteiger partial charge in [0.1, 0.15) is 11.4 Å². The predicted octanol–water partition coefficient (Wildman–Crippen LogP) is 3.67. The molecular weight excluding hydrogens is 319 g/mol. The lowest BCUT2D eigenvalue weighted by Gasteiger charge is -2.36. The first kappa shape index (κ1) is 15.8. The Morgan fingerprint density at radius 3 is 2.88 bits per heavy atom. The SMILES string of the molecule is Cc1cccc2cc(C(=O)N3CCNCC3c3cccc(F)c3)oc12. The third kappa shape index (κ3) is 2.91. The maximum atomic E-state index is 13.6. The van der Waals surface area contributed by atoms with E-state index in [9.17, 15) is 9.18 Å². The van der Waals surface area contributed by atoms with Crippen molar-refractivity contribution in [3.8, 4) is 0 Å². The molecule has 1 aliphatic rings. The van der Waals surface area contributed by atoms with Gasteiger partial charge in [-0.3, -0.25) is 4.79 Å². The van der Waals surface area contributed by atoms with Crippen LogP contribution in [0, 0.1) is 12.7 Å². The van der Waals surface area contributed by atoms with Gasteiger partial charge in [0.2, 0.25) is 0 Å². The van der Waals surface area contributed by atoms with Crippen LogP contribution in [0.25, 0.3) is 11.0 Å². The van der Waals surface area contributed by atoms with E-state index in [4.69, 9.17) is 4.42 Å². The van der Waals surface area contributed by atoms with Crippen molar-refractivity contribution < 1.29 is 13.6 Å². The second kappa shape index (κ2) is 6.33. The zero-order chi connectivity index (χ0) is 17.4. The van der Waals surface area contributed by atoms with Gasteiger partial charge in [0.25, 0.3) is 5.91 Å². The monoisotopic (exact) mass is 338 g/mol. The molecule has 2 heterocycles. The van der Waals surface area contributed by atoms with Crippen molar-refractivity contribution in [1.29, 1.82) is 0 Å². The largest absolute Gasteiger partial charge is 0.451 e. The number of rotatable bonds is 2. The Bertz CT molecular complexity index is 934. The number of piperazine rings is 1. The summed E-state index contributed by atoms with van der Waals surface area (Å²) >= 11 is 0. The molecule has 25 heavy (non-hydrogen) atoms. The number of carbonyl (C=O) groups excluding carboxylic acids is 1. The van der Waals surface area contributed by atoms with Gasteiger partial charge in [0.05, 0.1) is 6.04 Å². The van der Waals surface area contributed by atoms with Gasteiger partial charge in [0.15, 0.2) is 5.76 Å². The van der Waals surface area contributed by atoms with Crippen LogP contribution in [0.15, 0.2) is 52.9 Å². The molecule has 0 bridgehead atoms. The summed E-state index contributed by atoms with van der Waals surface area (Å²) in [5.41, 5.74) is 2.52. The summed E-state index contributed by atoms with van der Waals surface area (Å²) in [5.74, 6) is -0.131. The van der Waals surface area contributed by atoms with Crippen molar-refractivity contribution in [3.63, 3.8) is 0 Å². The average molecular weight is 338 g/mol. The number of hydrogen-bond acceptors (Lipinski definition) is 3. The molecule has 1 aliphatic heterocycles. The molecule has 4 nitrogen and oxygen atoms in total. The van der Waals surface area contributed by atoms with E-state index in [1.54, 1.807) is 17.0 Å². The molecule has 1 fully saturated rings. The minimum Gasteiger partial charge on any atom is -0.451 e. The molecule has 128 valence electrons. The van der Waals surface area contributed by atoms with E-state index in [1.807, 2.05) is 31.2 Å². The smallest absolute Gasteiger partial charge is 0.290 e. The Balaban J connectivity index is 1.69. The van der Waals surface area contributed by atoms with Crippen molar-refractivity contribution in [1.82, 2.24) is 10.2 Å². The minimum absolute atomic E-state index is 0.161. The zero-order valence-electron chi connectivity index (χ0n) is 14.0. The number of nitrogens with zero attached hydrogens (tertiary/aromatic N) is 1. The van der Waals surface area contributed by atoms with E-state index in [0.29, 0.717) is 25.4 Å². The maximum absolute atomic E-state index is 13.6. The molecule has 2 aromatic carbocycles. The van der Waals surface area contributed by atoms with Gasteiger partial charge in [-0.1, -0.05) is 30.3 Å². The molecule has 3 aromatic rings. The molecule has 1 unspecified atom stereocenters. The van der Waals surface area contributed by atoms with Gasteiger partial charge in [-0.05, 0) is 36.2 Å². The van der Waals surface area contributed by atoms with E-state index in [-0.39, 0.29) is 17.8 Å². The molecule has 4 rings (SSSR count). The highest BCUT2D eigenvalue weighted by atomic mass is 19.1. The number of hydrogen-bond donors (Lipinski definition) is 1. The molecule has 0 saturated carbocycles. The number of halogens is 1. The lowest BCUT2D eigenvalue weighted by molar-refractivity contribution is 0.0603. The van der Waals surface area contributed by atoms with E-state index in [0.717, 1.165) is 22.1 Å². The highest BCUT2D eigenvalue weighted by molar-refractivity contribution is 5.97. The second-order valence-electron chi connectivity index (χ2n) is 6.38. The standard InChI is InChI=1S/C20H19FN2O2/c1-13-4-2-6-15-11-18(25-19(13)15)20(24)23-9-8-22-12-17(23)14-5-3-7-16(21)10-14/h2-7,10-11,17,22H,8-9,12H2,1H3. The third-order valence-corrected chi connectivity index (χ3v) is 4.69.